The molecule has 2 aliphatic rings. The van der Waals surface area contributed by atoms with E-state index in [0.717, 1.165) is 37.1 Å². The van der Waals surface area contributed by atoms with E-state index in [1.165, 1.54) is 45.3 Å². The van der Waals surface area contributed by atoms with E-state index in [-0.39, 0.29) is 0 Å². The summed E-state index contributed by atoms with van der Waals surface area (Å²) in [6, 6.07) is 1.90. The molecule has 116 valence electrons. The molecule has 0 bridgehead atoms. The summed E-state index contributed by atoms with van der Waals surface area (Å²) in [6.07, 6.45) is 6.13. The molecule has 0 N–H and O–H groups in total. The molecule has 1 aromatic heterocycles. The predicted octanol–water partition coefficient (Wildman–Crippen LogP) is 3.00. The average Bonchev–Trinajstić information content (AvgIpc) is 3.00. The Hall–Kier alpha value is -0.870. The SMILES string of the molecule is CCc1nc(Cl)cc(N2CCC(CN3CCCC3)CC2)n1. The summed E-state index contributed by atoms with van der Waals surface area (Å²) in [6.45, 7) is 8.16. The van der Waals surface area contributed by atoms with Gasteiger partial charge < -0.3 is 9.80 Å². The molecule has 0 unspecified atom stereocenters. The summed E-state index contributed by atoms with van der Waals surface area (Å²) >= 11 is 6.11. The topological polar surface area (TPSA) is 32.3 Å². The monoisotopic (exact) mass is 308 g/mol. The van der Waals surface area contributed by atoms with E-state index >= 15 is 0 Å². The van der Waals surface area contributed by atoms with Crippen molar-refractivity contribution in [1.82, 2.24) is 14.9 Å². The van der Waals surface area contributed by atoms with Crippen LogP contribution in [0.3, 0.4) is 0 Å². The third-order valence-corrected chi connectivity index (χ3v) is 4.89. The van der Waals surface area contributed by atoms with Crippen molar-refractivity contribution in [2.75, 3.05) is 37.6 Å². The Morgan fingerprint density at radius 1 is 1.14 bits per heavy atom. The van der Waals surface area contributed by atoms with Crippen molar-refractivity contribution in [3.63, 3.8) is 0 Å². The number of aryl methyl sites for hydroxylation is 1. The second-order valence-corrected chi connectivity index (χ2v) is 6.64. The number of nitrogens with zero attached hydrogens (tertiary/aromatic N) is 4. The summed E-state index contributed by atoms with van der Waals surface area (Å²) in [5.74, 6) is 2.70. The van der Waals surface area contributed by atoms with E-state index in [4.69, 9.17) is 11.6 Å². The van der Waals surface area contributed by atoms with Gasteiger partial charge in [0.15, 0.2) is 0 Å². The first-order valence-electron chi connectivity index (χ1n) is 8.25. The fraction of sp³-hybridized carbons (Fsp3) is 0.750. The van der Waals surface area contributed by atoms with Gasteiger partial charge in [-0.25, -0.2) is 9.97 Å². The highest BCUT2D eigenvalue weighted by molar-refractivity contribution is 6.29. The second-order valence-electron chi connectivity index (χ2n) is 6.26. The minimum Gasteiger partial charge on any atom is -0.356 e. The number of halogens is 1. The molecule has 3 heterocycles. The molecule has 2 aliphatic heterocycles. The standard InChI is InChI=1S/C16H25ClN4/c1-2-15-18-14(17)11-16(19-15)21-9-5-13(6-10-21)12-20-7-3-4-8-20/h11,13H,2-10,12H2,1H3. The molecule has 3 rings (SSSR count). The summed E-state index contributed by atoms with van der Waals surface area (Å²) in [5.41, 5.74) is 0. The van der Waals surface area contributed by atoms with E-state index in [1.807, 2.05) is 6.07 Å². The van der Waals surface area contributed by atoms with Gasteiger partial charge in [0, 0.05) is 32.1 Å². The van der Waals surface area contributed by atoms with Crippen LogP contribution in [0.1, 0.15) is 38.4 Å². The number of aromatic nitrogens is 2. The van der Waals surface area contributed by atoms with Gasteiger partial charge in [-0.05, 0) is 44.7 Å². The molecule has 0 amide bonds. The summed E-state index contributed by atoms with van der Waals surface area (Å²) in [5, 5.41) is 0.566. The Kier molecular flexibility index (Phi) is 4.96. The maximum absolute atomic E-state index is 6.11. The van der Waals surface area contributed by atoms with Crippen molar-refractivity contribution < 1.29 is 0 Å². The van der Waals surface area contributed by atoms with Crippen LogP contribution in [-0.4, -0.2) is 47.6 Å². The van der Waals surface area contributed by atoms with E-state index < -0.39 is 0 Å². The van der Waals surface area contributed by atoms with Gasteiger partial charge in [0.25, 0.3) is 0 Å². The highest BCUT2D eigenvalue weighted by atomic mass is 35.5. The number of piperidine rings is 1. The summed E-state index contributed by atoms with van der Waals surface area (Å²) < 4.78 is 0. The lowest BCUT2D eigenvalue weighted by Crippen LogP contribution is -2.38. The first kappa shape index (κ1) is 15.0. The smallest absolute Gasteiger partial charge is 0.134 e. The zero-order chi connectivity index (χ0) is 14.7. The highest BCUT2D eigenvalue weighted by Gasteiger charge is 2.23. The molecule has 0 aromatic carbocycles. The third kappa shape index (κ3) is 3.86. The molecular weight excluding hydrogens is 284 g/mol. The van der Waals surface area contributed by atoms with Crippen molar-refractivity contribution >= 4 is 17.4 Å². The quantitative estimate of drug-likeness (QED) is 0.800. The Morgan fingerprint density at radius 2 is 1.86 bits per heavy atom. The molecule has 0 radical (unpaired) electrons. The summed E-state index contributed by atoms with van der Waals surface area (Å²) in [7, 11) is 0. The Morgan fingerprint density at radius 3 is 2.52 bits per heavy atom. The van der Waals surface area contributed by atoms with Crippen LogP contribution in [0.4, 0.5) is 5.82 Å². The van der Waals surface area contributed by atoms with Crippen molar-refractivity contribution in [3.8, 4) is 0 Å². The zero-order valence-electron chi connectivity index (χ0n) is 12.9. The van der Waals surface area contributed by atoms with Gasteiger partial charge in [-0.3, -0.25) is 0 Å². The second kappa shape index (κ2) is 6.93. The van der Waals surface area contributed by atoms with Gasteiger partial charge in [-0.2, -0.15) is 0 Å². The first-order valence-corrected chi connectivity index (χ1v) is 8.63. The van der Waals surface area contributed by atoms with Crippen LogP contribution in [0, 0.1) is 5.92 Å². The van der Waals surface area contributed by atoms with Crippen LogP contribution < -0.4 is 4.90 Å². The number of hydrogen-bond acceptors (Lipinski definition) is 4. The Balaban J connectivity index is 1.56. The number of rotatable bonds is 4. The largest absolute Gasteiger partial charge is 0.356 e. The number of hydrogen-bond donors (Lipinski definition) is 0. The lowest BCUT2D eigenvalue weighted by molar-refractivity contribution is 0.249. The van der Waals surface area contributed by atoms with Gasteiger partial charge >= 0.3 is 0 Å². The molecule has 2 saturated heterocycles. The minimum atomic E-state index is 0.566. The molecule has 4 nitrogen and oxygen atoms in total. The van der Waals surface area contributed by atoms with Crippen molar-refractivity contribution in [1.29, 1.82) is 0 Å². The van der Waals surface area contributed by atoms with E-state index in [1.54, 1.807) is 0 Å². The Bertz CT molecular complexity index is 465. The molecule has 0 aliphatic carbocycles. The van der Waals surface area contributed by atoms with Crippen LogP contribution in [-0.2, 0) is 6.42 Å². The molecule has 0 atom stereocenters. The zero-order valence-corrected chi connectivity index (χ0v) is 13.6. The van der Waals surface area contributed by atoms with Crippen molar-refractivity contribution in [3.05, 3.63) is 17.0 Å². The highest BCUT2D eigenvalue weighted by Crippen LogP contribution is 2.25. The minimum absolute atomic E-state index is 0.566. The number of likely N-dealkylation sites (tertiary alicyclic amines) is 1. The van der Waals surface area contributed by atoms with E-state index in [0.29, 0.717) is 5.15 Å². The maximum Gasteiger partial charge on any atom is 0.134 e. The maximum atomic E-state index is 6.11. The van der Waals surface area contributed by atoms with Crippen molar-refractivity contribution in [2.45, 2.75) is 39.0 Å². The van der Waals surface area contributed by atoms with Gasteiger partial charge in [0.05, 0.1) is 0 Å². The normalized spacial score (nSPS) is 21.1. The fourth-order valence-corrected chi connectivity index (χ4v) is 3.64. The van der Waals surface area contributed by atoms with Crippen LogP contribution >= 0.6 is 11.6 Å². The third-order valence-electron chi connectivity index (χ3n) is 4.70. The van der Waals surface area contributed by atoms with E-state index in [2.05, 4.69) is 26.7 Å². The molecule has 5 heteroatoms. The van der Waals surface area contributed by atoms with Crippen LogP contribution in [0.5, 0.6) is 0 Å². The lowest BCUT2D eigenvalue weighted by Gasteiger charge is -2.34. The molecular formula is C16H25ClN4. The Labute approximate surface area is 132 Å². The van der Waals surface area contributed by atoms with E-state index in [9.17, 15) is 0 Å². The van der Waals surface area contributed by atoms with Crippen molar-refractivity contribution in [2.24, 2.45) is 5.92 Å². The van der Waals surface area contributed by atoms with Gasteiger partial charge in [-0.1, -0.05) is 18.5 Å². The fourth-order valence-electron chi connectivity index (χ4n) is 3.45. The molecule has 21 heavy (non-hydrogen) atoms. The molecule has 1 aromatic rings. The van der Waals surface area contributed by atoms with Gasteiger partial charge in [-0.15, -0.1) is 0 Å². The summed E-state index contributed by atoms with van der Waals surface area (Å²) in [4.78, 5) is 13.9. The first-order chi connectivity index (χ1) is 10.2. The van der Waals surface area contributed by atoms with Gasteiger partial charge in [0.1, 0.15) is 16.8 Å². The lowest BCUT2D eigenvalue weighted by atomic mass is 9.96. The molecule has 0 saturated carbocycles. The van der Waals surface area contributed by atoms with Gasteiger partial charge in [0.2, 0.25) is 0 Å². The molecule has 2 fully saturated rings. The molecule has 0 spiro atoms. The average molecular weight is 309 g/mol. The number of anilines is 1. The van der Waals surface area contributed by atoms with Crippen LogP contribution in [0.2, 0.25) is 5.15 Å². The van der Waals surface area contributed by atoms with Crippen LogP contribution in [0.15, 0.2) is 6.07 Å². The van der Waals surface area contributed by atoms with Crippen LogP contribution in [0.25, 0.3) is 0 Å². The predicted molar refractivity (Wildman–Crippen MR) is 87.0 cm³/mol.